The summed E-state index contributed by atoms with van der Waals surface area (Å²) in [6.07, 6.45) is -6.87. The number of aliphatic hydroxyl groups is 3. The molecule has 0 aliphatic rings. The van der Waals surface area contributed by atoms with Gasteiger partial charge in [-0.15, -0.1) is 0 Å². The molecule has 0 heterocycles. The van der Waals surface area contributed by atoms with E-state index in [4.69, 9.17) is 61.3 Å². The Hall–Kier alpha value is -1.97. The standard InChI is InChI=1S/3C6H8O7.3Na.2H2O.3H/c3*7-3(8)1-6(13,5(11)12)2-4(9)10;;;;;;;;/h3*13H,1-2H2,(H,7,8)(H,9,10)(H,11,12);;;;2*1H2;;;. The predicted octanol–water partition coefficient (Wildman–Crippen LogP) is -7.34. The van der Waals surface area contributed by atoms with Crippen molar-refractivity contribution in [3.63, 3.8) is 0 Å². The molecule has 0 aromatic rings. The summed E-state index contributed by atoms with van der Waals surface area (Å²) in [5, 5.41) is 101. The zero-order valence-corrected chi connectivity index (χ0v) is 20.3. The number of carboxylic acids is 9. The van der Waals surface area contributed by atoms with Gasteiger partial charge in [0.2, 0.25) is 0 Å². The Morgan fingerprint density at radius 3 is 0.455 bits per heavy atom. The molecule has 0 unspecified atom stereocenters. The maximum atomic E-state index is 10.3. The van der Waals surface area contributed by atoms with Crippen molar-refractivity contribution >= 4 is 142 Å². The van der Waals surface area contributed by atoms with Gasteiger partial charge in [-0.1, -0.05) is 0 Å². The summed E-state index contributed by atoms with van der Waals surface area (Å²) >= 11 is 0. The molecule has 44 heavy (non-hydrogen) atoms. The fraction of sp³-hybridized carbons (Fsp3) is 0.500. The van der Waals surface area contributed by atoms with Gasteiger partial charge < -0.3 is 72.2 Å². The van der Waals surface area contributed by atoms with E-state index in [1.165, 1.54) is 0 Å². The van der Waals surface area contributed by atoms with Crippen LogP contribution < -0.4 is 0 Å². The maximum absolute atomic E-state index is 10.3. The molecular formula is C18H31Na3O23. The second kappa shape index (κ2) is 27.3. The Morgan fingerprint density at radius 2 is 0.409 bits per heavy atom. The van der Waals surface area contributed by atoms with E-state index in [1.54, 1.807) is 0 Å². The Balaban J connectivity index is -0.0000000697. The third-order valence-corrected chi connectivity index (χ3v) is 3.86. The monoisotopic (exact) mass is 684 g/mol. The summed E-state index contributed by atoms with van der Waals surface area (Å²) in [5.41, 5.74) is -8.22. The predicted molar refractivity (Wildman–Crippen MR) is 140 cm³/mol. The van der Waals surface area contributed by atoms with Gasteiger partial charge in [0.15, 0.2) is 16.8 Å². The number of rotatable bonds is 15. The first-order valence-electron chi connectivity index (χ1n) is 9.51. The van der Waals surface area contributed by atoms with Gasteiger partial charge in [0.05, 0.1) is 38.5 Å². The zero-order chi connectivity index (χ0) is 31.9. The quantitative estimate of drug-likeness (QED) is 0.0712. The third-order valence-electron chi connectivity index (χ3n) is 3.86. The van der Waals surface area contributed by atoms with Gasteiger partial charge in [0, 0.05) is 0 Å². The van der Waals surface area contributed by atoms with E-state index < -0.39 is 109 Å². The van der Waals surface area contributed by atoms with E-state index >= 15 is 0 Å². The molecule has 0 radical (unpaired) electrons. The molecule has 16 N–H and O–H groups in total. The Kier molecular flexibility index (Phi) is 38.0. The summed E-state index contributed by atoms with van der Waals surface area (Å²) in [4.78, 5) is 91.5. The number of hydrogen-bond acceptors (Lipinski definition) is 12. The number of hydrogen-bond donors (Lipinski definition) is 12. The van der Waals surface area contributed by atoms with Crippen LogP contribution in [0.1, 0.15) is 38.5 Å². The Bertz CT molecular complexity index is 823. The van der Waals surface area contributed by atoms with E-state index in [9.17, 15) is 43.2 Å². The summed E-state index contributed by atoms with van der Waals surface area (Å²) in [6.45, 7) is 0. The molecule has 0 aromatic carbocycles. The van der Waals surface area contributed by atoms with Crippen molar-refractivity contribution < 1.29 is 115 Å². The molecule has 0 saturated carbocycles. The minimum atomic E-state index is -2.74. The molecule has 0 spiro atoms. The first-order valence-corrected chi connectivity index (χ1v) is 9.51. The molecule has 0 saturated heterocycles. The molecule has 23 nitrogen and oxygen atoms in total. The number of carboxylic acid groups (broad SMARTS) is 9. The molecule has 0 rings (SSSR count). The molecule has 26 heteroatoms. The SMILES string of the molecule is O.O.O=C(O)CC(O)(CC(=O)O)C(=O)O.O=C(O)CC(O)(CC(=O)O)C(=O)O.O=C(O)CC(O)(CC(=O)O)C(=O)O.[NaH].[NaH].[NaH]. The summed E-state index contributed by atoms with van der Waals surface area (Å²) in [6, 6.07) is 0. The van der Waals surface area contributed by atoms with Gasteiger partial charge in [-0.2, -0.15) is 0 Å². The number of carbonyl (C=O) groups is 9. The molecule has 0 bridgehead atoms. The minimum absolute atomic E-state index is 0. The normalized spacial score (nSPS) is 9.61. The van der Waals surface area contributed by atoms with Gasteiger partial charge in [-0.25, -0.2) is 14.4 Å². The average Bonchev–Trinajstić information content (AvgIpc) is 2.64. The van der Waals surface area contributed by atoms with Crippen LogP contribution in [0.3, 0.4) is 0 Å². The first-order chi connectivity index (χ1) is 17.3. The molecule has 0 aromatic heterocycles. The van der Waals surface area contributed by atoms with E-state index in [1.807, 2.05) is 0 Å². The summed E-state index contributed by atoms with van der Waals surface area (Å²) < 4.78 is 0. The fourth-order valence-corrected chi connectivity index (χ4v) is 2.14. The average molecular weight is 684 g/mol. The van der Waals surface area contributed by atoms with Crippen molar-refractivity contribution in [3.05, 3.63) is 0 Å². The molecule has 0 fully saturated rings. The van der Waals surface area contributed by atoms with Crippen molar-refractivity contribution in [2.75, 3.05) is 0 Å². The fourth-order valence-electron chi connectivity index (χ4n) is 2.14. The van der Waals surface area contributed by atoms with E-state index in [2.05, 4.69) is 0 Å². The Morgan fingerprint density at radius 1 is 0.318 bits per heavy atom. The van der Waals surface area contributed by atoms with Gasteiger partial charge in [0.25, 0.3) is 0 Å². The molecule has 0 aliphatic carbocycles. The van der Waals surface area contributed by atoms with Crippen molar-refractivity contribution in [1.29, 1.82) is 0 Å². The van der Waals surface area contributed by atoms with E-state index in [0.29, 0.717) is 0 Å². The van der Waals surface area contributed by atoms with Crippen molar-refractivity contribution in [1.82, 2.24) is 0 Å². The van der Waals surface area contributed by atoms with Crippen LogP contribution in [0.5, 0.6) is 0 Å². The van der Waals surface area contributed by atoms with E-state index in [-0.39, 0.29) is 99.6 Å². The van der Waals surface area contributed by atoms with Crippen LogP contribution in [-0.4, -0.2) is 231 Å². The van der Waals surface area contributed by atoms with Gasteiger partial charge in [0.1, 0.15) is 0 Å². The second-order valence-corrected chi connectivity index (χ2v) is 7.43. The molecule has 0 aliphatic heterocycles. The van der Waals surface area contributed by atoms with Crippen LogP contribution in [0.25, 0.3) is 0 Å². The van der Waals surface area contributed by atoms with Crippen molar-refractivity contribution in [3.8, 4) is 0 Å². The third kappa shape index (κ3) is 28.8. The molecular weight excluding hydrogens is 653 g/mol. The van der Waals surface area contributed by atoms with Crippen LogP contribution in [0, 0.1) is 0 Å². The molecule has 0 atom stereocenters. The van der Waals surface area contributed by atoms with Crippen LogP contribution >= 0.6 is 0 Å². The van der Waals surface area contributed by atoms with Gasteiger partial charge in [-0.05, 0) is 0 Å². The summed E-state index contributed by atoms with van der Waals surface area (Å²) in [5.74, 6) is -15.1. The van der Waals surface area contributed by atoms with Gasteiger partial charge in [-0.3, -0.25) is 28.8 Å². The second-order valence-electron chi connectivity index (χ2n) is 7.43. The van der Waals surface area contributed by atoms with Crippen molar-refractivity contribution in [2.45, 2.75) is 55.3 Å². The Labute approximate surface area is 310 Å². The van der Waals surface area contributed by atoms with Crippen LogP contribution in [0.4, 0.5) is 0 Å². The topological polar surface area (TPSA) is 459 Å². The van der Waals surface area contributed by atoms with E-state index in [0.717, 1.165) is 0 Å². The van der Waals surface area contributed by atoms with Crippen LogP contribution in [-0.2, 0) is 43.2 Å². The summed E-state index contributed by atoms with van der Waals surface area (Å²) in [7, 11) is 0. The van der Waals surface area contributed by atoms with Gasteiger partial charge >= 0.3 is 142 Å². The van der Waals surface area contributed by atoms with Crippen LogP contribution in [0.15, 0.2) is 0 Å². The van der Waals surface area contributed by atoms with Crippen LogP contribution in [0.2, 0.25) is 0 Å². The molecule has 244 valence electrons. The zero-order valence-electron chi connectivity index (χ0n) is 20.3. The number of aliphatic carboxylic acids is 9. The van der Waals surface area contributed by atoms with Crippen molar-refractivity contribution in [2.24, 2.45) is 0 Å². The first kappa shape index (κ1) is 61.1. The molecule has 0 amide bonds.